The molecular weight excluding hydrogens is 363 g/mol. The van der Waals surface area contributed by atoms with E-state index in [2.05, 4.69) is 14.8 Å². The number of hydrogen-bond acceptors (Lipinski definition) is 5. The number of halogens is 2. The third-order valence-electron chi connectivity index (χ3n) is 3.15. The maximum Gasteiger partial charge on any atom is 0.260 e. The van der Waals surface area contributed by atoms with Gasteiger partial charge in [0, 0.05) is 11.6 Å². The molecule has 3 aromatic rings. The summed E-state index contributed by atoms with van der Waals surface area (Å²) in [6.45, 7) is 3.32. The molecule has 0 spiro atoms. The van der Waals surface area contributed by atoms with Crippen LogP contribution in [-0.4, -0.2) is 23.0 Å². The van der Waals surface area contributed by atoms with Gasteiger partial charge in [-0.15, -0.1) is 0 Å². The van der Waals surface area contributed by atoms with Gasteiger partial charge in [0.25, 0.3) is 10.0 Å². The summed E-state index contributed by atoms with van der Waals surface area (Å²) in [4.78, 5) is 4.72. The summed E-state index contributed by atoms with van der Waals surface area (Å²) in [7, 11) is -3.84. The number of hydrogen-bond donors (Lipinski definition) is 1. The standard InChI is InChI=1S/C13H12ClFN4O2S2/c1-7-12(19-13(17-7)22-8(2)18-19)23(20,21)16-6-9-3-4-10(15)5-11(9)14/h3-5,16H,6H2,1-2H3. The molecular formula is C13H12ClFN4O2S2. The molecule has 0 aliphatic carbocycles. The van der Waals surface area contributed by atoms with Gasteiger partial charge in [0.05, 0.1) is 5.69 Å². The summed E-state index contributed by atoms with van der Waals surface area (Å²) in [5, 5.41) is 5.03. The highest BCUT2D eigenvalue weighted by Gasteiger charge is 2.25. The van der Waals surface area contributed by atoms with Crippen LogP contribution < -0.4 is 4.72 Å². The smallest absolute Gasteiger partial charge is 0.221 e. The topological polar surface area (TPSA) is 76.4 Å². The molecule has 23 heavy (non-hydrogen) atoms. The largest absolute Gasteiger partial charge is 0.260 e. The van der Waals surface area contributed by atoms with Gasteiger partial charge in [0.15, 0.2) is 5.03 Å². The molecule has 10 heteroatoms. The second kappa shape index (κ2) is 5.82. The number of rotatable bonds is 4. The Labute approximate surface area is 141 Å². The minimum atomic E-state index is -3.84. The minimum Gasteiger partial charge on any atom is -0.221 e. The van der Waals surface area contributed by atoms with Crippen molar-refractivity contribution in [3.05, 3.63) is 45.3 Å². The van der Waals surface area contributed by atoms with Crippen LogP contribution in [0.5, 0.6) is 0 Å². The molecule has 2 aromatic heterocycles. The molecule has 0 unspecified atom stereocenters. The Morgan fingerprint density at radius 2 is 2.13 bits per heavy atom. The molecule has 0 atom stereocenters. The monoisotopic (exact) mass is 374 g/mol. The fourth-order valence-corrected chi connectivity index (χ4v) is 4.49. The van der Waals surface area contributed by atoms with Gasteiger partial charge in [-0.25, -0.2) is 22.5 Å². The summed E-state index contributed by atoms with van der Waals surface area (Å²) in [5.41, 5.74) is 0.839. The molecule has 0 bridgehead atoms. The molecule has 3 rings (SSSR count). The number of fused-ring (bicyclic) bond motifs is 1. The number of benzene rings is 1. The van der Waals surface area contributed by atoms with E-state index in [1.165, 1.54) is 28.0 Å². The third-order valence-corrected chi connectivity index (χ3v) is 5.83. The first kappa shape index (κ1) is 16.3. The Kier molecular flexibility index (Phi) is 4.13. The predicted octanol–water partition coefficient (Wildman–Crippen LogP) is 2.68. The number of nitrogens with one attached hydrogen (secondary N) is 1. The van der Waals surface area contributed by atoms with Gasteiger partial charge in [-0.2, -0.15) is 9.61 Å². The van der Waals surface area contributed by atoms with E-state index in [1.54, 1.807) is 13.8 Å². The molecule has 0 aliphatic rings. The van der Waals surface area contributed by atoms with Gasteiger partial charge in [-0.05, 0) is 31.5 Å². The van der Waals surface area contributed by atoms with Gasteiger partial charge in [-0.1, -0.05) is 29.0 Å². The second-order valence-electron chi connectivity index (χ2n) is 4.88. The Balaban J connectivity index is 1.93. The Morgan fingerprint density at radius 3 is 2.83 bits per heavy atom. The molecule has 0 saturated heterocycles. The van der Waals surface area contributed by atoms with Gasteiger partial charge in [-0.3, -0.25) is 0 Å². The molecule has 0 fully saturated rings. The van der Waals surface area contributed by atoms with Gasteiger partial charge in [0.1, 0.15) is 10.8 Å². The summed E-state index contributed by atoms with van der Waals surface area (Å²) in [5.74, 6) is -0.479. The lowest BCUT2D eigenvalue weighted by atomic mass is 10.2. The Bertz CT molecular complexity index is 997. The van der Waals surface area contributed by atoms with Crippen molar-refractivity contribution in [2.24, 2.45) is 0 Å². The first-order valence-electron chi connectivity index (χ1n) is 6.54. The lowest BCUT2D eigenvalue weighted by Crippen LogP contribution is -2.25. The van der Waals surface area contributed by atoms with Crippen molar-refractivity contribution in [2.45, 2.75) is 25.4 Å². The van der Waals surface area contributed by atoms with Crippen LogP contribution in [0.15, 0.2) is 23.2 Å². The molecule has 6 nitrogen and oxygen atoms in total. The normalized spacial score (nSPS) is 12.2. The van der Waals surface area contributed by atoms with Crippen LogP contribution in [0.1, 0.15) is 16.3 Å². The maximum absolute atomic E-state index is 13.0. The number of imidazole rings is 1. The van der Waals surface area contributed by atoms with Crippen LogP contribution in [0.2, 0.25) is 5.02 Å². The fraction of sp³-hybridized carbons (Fsp3) is 0.231. The zero-order valence-corrected chi connectivity index (χ0v) is 14.6. The van der Waals surface area contributed by atoms with Crippen molar-refractivity contribution in [1.29, 1.82) is 0 Å². The van der Waals surface area contributed by atoms with E-state index in [-0.39, 0.29) is 16.6 Å². The molecule has 122 valence electrons. The van der Waals surface area contributed by atoms with Crippen molar-refractivity contribution in [3.63, 3.8) is 0 Å². The van der Waals surface area contributed by atoms with Crippen LogP contribution in [-0.2, 0) is 16.6 Å². The average molecular weight is 375 g/mol. The van der Waals surface area contributed by atoms with E-state index in [0.29, 0.717) is 21.2 Å². The molecule has 0 aliphatic heterocycles. The first-order valence-corrected chi connectivity index (χ1v) is 9.22. The number of aryl methyl sites for hydroxylation is 2. The van der Waals surface area contributed by atoms with Crippen LogP contribution in [0, 0.1) is 19.7 Å². The quantitative estimate of drug-likeness (QED) is 0.761. The molecule has 2 heterocycles. The number of nitrogens with zero attached hydrogens (tertiary/aromatic N) is 3. The van der Waals surface area contributed by atoms with Gasteiger partial charge < -0.3 is 0 Å². The summed E-state index contributed by atoms with van der Waals surface area (Å²) >= 11 is 7.22. The SMILES string of the molecule is Cc1nn2c(S(=O)(=O)NCc3ccc(F)cc3Cl)c(C)nc2s1. The zero-order valence-electron chi connectivity index (χ0n) is 12.2. The third kappa shape index (κ3) is 3.09. The predicted molar refractivity (Wildman–Crippen MR) is 85.8 cm³/mol. The number of sulfonamides is 1. The fourth-order valence-electron chi connectivity index (χ4n) is 2.14. The first-order chi connectivity index (χ1) is 10.8. The highest BCUT2D eigenvalue weighted by atomic mass is 35.5. The average Bonchev–Trinajstić information content (AvgIpc) is 2.91. The van der Waals surface area contributed by atoms with Crippen LogP contribution in [0.25, 0.3) is 4.96 Å². The van der Waals surface area contributed by atoms with Crippen molar-refractivity contribution in [2.75, 3.05) is 0 Å². The molecule has 1 N–H and O–H groups in total. The summed E-state index contributed by atoms with van der Waals surface area (Å²) < 4.78 is 41.9. The molecule has 0 amide bonds. The van der Waals surface area contributed by atoms with Crippen LogP contribution in [0.4, 0.5) is 4.39 Å². The van der Waals surface area contributed by atoms with E-state index in [4.69, 9.17) is 11.6 Å². The van der Waals surface area contributed by atoms with E-state index in [1.807, 2.05) is 0 Å². The Morgan fingerprint density at radius 1 is 1.39 bits per heavy atom. The van der Waals surface area contributed by atoms with Crippen molar-refractivity contribution in [1.82, 2.24) is 19.3 Å². The van der Waals surface area contributed by atoms with E-state index in [9.17, 15) is 12.8 Å². The molecule has 0 radical (unpaired) electrons. The van der Waals surface area contributed by atoms with E-state index >= 15 is 0 Å². The minimum absolute atomic E-state index is 0.00455. The molecule has 0 saturated carbocycles. The van der Waals surface area contributed by atoms with Crippen molar-refractivity contribution in [3.8, 4) is 0 Å². The second-order valence-corrected chi connectivity index (χ2v) is 8.13. The zero-order chi connectivity index (χ0) is 16.8. The lowest BCUT2D eigenvalue weighted by molar-refractivity contribution is 0.572. The Hall–Kier alpha value is -1.55. The molecule has 1 aromatic carbocycles. The lowest BCUT2D eigenvalue weighted by Gasteiger charge is -2.08. The summed E-state index contributed by atoms with van der Waals surface area (Å²) in [6.07, 6.45) is 0. The maximum atomic E-state index is 13.0. The highest BCUT2D eigenvalue weighted by Crippen LogP contribution is 2.22. The van der Waals surface area contributed by atoms with E-state index < -0.39 is 15.8 Å². The van der Waals surface area contributed by atoms with Crippen molar-refractivity contribution < 1.29 is 12.8 Å². The summed E-state index contributed by atoms with van der Waals surface area (Å²) in [6, 6.07) is 3.80. The van der Waals surface area contributed by atoms with Crippen LogP contribution in [0.3, 0.4) is 0 Å². The van der Waals surface area contributed by atoms with Gasteiger partial charge >= 0.3 is 0 Å². The van der Waals surface area contributed by atoms with Gasteiger partial charge in [0.2, 0.25) is 4.96 Å². The number of aromatic nitrogens is 3. The highest BCUT2D eigenvalue weighted by molar-refractivity contribution is 7.89. The van der Waals surface area contributed by atoms with Crippen molar-refractivity contribution >= 4 is 37.9 Å². The van der Waals surface area contributed by atoms with E-state index in [0.717, 1.165) is 6.07 Å². The van der Waals surface area contributed by atoms with Crippen LogP contribution >= 0.6 is 22.9 Å².